The smallest absolute Gasteiger partial charge is 0.419 e. The number of ether oxygens (including phenoxy) is 1. The van der Waals surface area contributed by atoms with Crippen molar-refractivity contribution in [1.29, 1.82) is 0 Å². The number of nitrogens with one attached hydrogen (secondary N) is 1. The summed E-state index contributed by atoms with van der Waals surface area (Å²) in [4.78, 5) is 4.40. The number of aryl methyl sites for hydroxylation is 1. The number of hydrogen-bond donors (Lipinski definition) is 1. The summed E-state index contributed by atoms with van der Waals surface area (Å²) < 4.78 is 47.3. The van der Waals surface area contributed by atoms with Crippen molar-refractivity contribution in [2.45, 2.75) is 51.4 Å². The zero-order chi connectivity index (χ0) is 21.3. The van der Waals surface area contributed by atoms with E-state index in [0.717, 1.165) is 29.3 Å². The van der Waals surface area contributed by atoms with Crippen molar-refractivity contribution >= 4 is 5.65 Å². The second-order valence-electron chi connectivity index (χ2n) is 7.91. The van der Waals surface area contributed by atoms with Gasteiger partial charge in [0.2, 0.25) is 0 Å². The average molecular weight is 415 g/mol. The highest BCUT2D eigenvalue weighted by atomic mass is 19.4. The standard InChI is InChI=1S/C23H24F3N3O/c1-15-5-6-21(20(10-15)23(24,25)26)30-19-12-17(13-19)14-28-16(2)11-18-4-3-8-29-9-7-27-22(18)29/h3-10,14,16,19,28H,11-13H2,1-2H3/t16-,19?/m1/s1. The Labute approximate surface area is 173 Å². The molecule has 158 valence electrons. The van der Waals surface area contributed by atoms with Crippen LogP contribution < -0.4 is 10.1 Å². The number of alkyl halides is 3. The highest BCUT2D eigenvalue weighted by Crippen LogP contribution is 2.39. The number of imidazole rings is 1. The minimum Gasteiger partial charge on any atom is -0.489 e. The minimum atomic E-state index is -4.42. The van der Waals surface area contributed by atoms with Crippen LogP contribution in [0.15, 0.2) is 60.7 Å². The van der Waals surface area contributed by atoms with E-state index >= 15 is 0 Å². The summed E-state index contributed by atoms with van der Waals surface area (Å²) in [6.07, 6.45) is 5.07. The molecule has 0 spiro atoms. The largest absolute Gasteiger partial charge is 0.489 e. The highest BCUT2D eigenvalue weighted by Gasteiger charge is 2.36. The number of rotatable bonds is 6. The van der Waals surface area contributed by atoms with Gasteiger partial charge in [0.05, 0.1) is 5.56 Å². The van der Waals surface area contributed by atoms with Gasteiger partial charge in [-0.15, -0.1) is 0 Å². The Hall–Kier alpha value is -2.96. The van der Waals surface area contributed by atoms with Gasteiger partial charge in [0.15, 0.2) is 0 Å². The third-order valence-corrected chi connectivity index (χ3v) is 5.31. The average Bonchev–Trinajstić information content (AvgIpc) is 3.13. The minimum absolute atomic E-state index is 0.0914. The molecular formula is C23H24F3N3O. The Morgan fingerprint density at radius 2 is 2.07 bits per heavy atom. The van der Waals surface area contributed by atoms with Gasteiger partial charge in [0.25, 0.3) is 0 Å². The Morgan fingerprint density at radius 1 is 1.27 bits per heavy atom. The van der Waals surface area contributed by atoms with Crippen LogP contribution in [-0.2, 0) is 12.6 Å². The number of pyridine rings is 1. The lowest BCUT2D eigenvalue weighted by atomic mass is 9.89. The van der Waals surface area contributed by atoms with Crippen molar-refractivity contribution in [3.63, 3.8) is 0 Å². The van der Waals surface area contributed by atoms with E-state index in [2.05, 4.69) is 23.3 Å². The first-order chi connectivity index (χ1) is 14.3. The summed E-state index contributed by atoms with van der Waals surface area (Å²) in [5.74, 6) is -0.0914. The third kappa shape index (κ3) is 4.45. The summed E-state index contributed by atoms with van der Waals surface area (Å²) in [5.41, 5.74) is 3.11. The predicted molar refractivity (Wildman–Crippen MR) is 109 cm³/mol. The summed E-state index contributed by atoms with van der Waals surface area (Å²) in [6, 6.07) is 8.47. The van der Waals surface area contributed by atoms with E-state index in [1.54, 1.807) is 19.2 Å². The molecule has 1 aromatic carbocycles. The fourth-order valence-corrected chi connectivity index (χ4v) is 3.69. The van der Waals surface area contributed by atoms with Gasteiger partial charge < -0.3 is 14.5 Å². The molecule has 2 heterocycles. The number of halogens is 3. The van der Waals surface area contributed by atoms with Crippen molar-refractivity contribution < 1.29 is 17.9 Å². The van der Waals surface area contributed by atoms with Crippen LogP contribution in [0.25, 0.3) is 5.65 Å². The van der Waals surface area contributed by atoms with Crippen molar-refractivity contribution in [1.82, 2.24) is 14.7 Å². The molecule has 0 bridgehead atoms. The van der Waals surface area contributed by atoms with Crippen molar-refractivity contribution in [2.24, 2.45) is 0 Å². The fraction of sp³-hybridized carbons (Fsp3) is 0.348. The van der Waals surface area contributed by atoms with Gasteiger partial charge in [0.1, 0.15) is 17.5 Å². The van der Waals surface area contributed by atoms with Gasteiger partial charge in [-0.1, -0.05) is 17.7 Å². The number of hydrogen-bond acceptors (Lipinski definition) is 3. The molecule has 0 unspecified atom stereocenters. The summed E-state index contributed by atoms with van der Waals surface area (Å²) in [6.45, 7) is 3.74. The molecule has 1 aliphatic carbocycles. The maximum Gasteiger partial charge on any atom is 0.419 e. The van der Waals surface area contributed by atoms with Gasteiger partial charge in [0, 0.05) is 37.5 Å². The molecule has 0 aliphatic heterocycles. The van der Waals surface area contributed by atoms with Crippen LogP contribution in [0.2, 0.25) is 0 Å². The SMILES string of the molecule is Cc1ccc(OC2CC(=CN[C@H](C)Cc3cccn4ccnc34)C2)c(C(F)(F)F)c1. The maximum absolute atomic E-state index is 13.2. The second kappa shape index (κ2) is 8.05. The van der Waals surface area contributed by atoms with Crippen LogP contribution >= 0.6 is 0 Å². The summed E-state index contributed by atoms with van der Waals surface area (Å²) >= 11 is 0. The molecule has 1 aliphatic rings. The number of aromatic nitrogens is 2. The number of fused-ring (bicyclic) bond motifs is 1. The zero-order valence-electron chi connectivity index (χ0n) is 16.9. The van der Waals surface area contributed by atoms with Crippen LogP contribution in [0.4, 0.5) is 13.2 Å². The highest BCUT2D eigenvalue weighted by molar-refractivity contribution is 5.48. The normalized spacial score (nSPS) is 17.5. The molecule has 0 amide bonds. The van der Waals surface area contributed by atoms with Gasteiger partial charge in [-0.25, -0.2) is 4.98 Å². The van der Waals surface area contributed by atoms with E-state index in [1.807, 2.05) is 29.1 Å². The quantitative estimate of drug-likeness (QED) is 0.593. The van der Waals surface area contributed by atoms with E-state index in [4.69, 9.17) is 4.74 Å². The van der Waals surface area contributed by atoms with Gasteiger partial charge in [-0.3, -0.25) is 0 Å². The maximum atomic E-state index is 13.2. The van der Waals surface area contributed by atoms with Crippen LogP contribution in [0.1, 0.15) is 36.5 Å². The van der Waals surface area contributed by atoms with E-state index in [0.29, 0.717) is 18.4 Å². The van der Waals surface area contributed by atoms with Gasteiger partial charge >= 0.3 is 6.18 Å². The van der Waals surface area contributed by atoms with Crippen LogP contribution in [0, 0.1) is 6.92 Å². The van der Waals surface area contributed by atoms with Gasteiger partial charge in [-0.05, 0) is 55.8 Å². The van der Waals surface area contributed by atoms with Crippen LogP contribution in [0.3, 0.4) is 0 Å². The van der Waals surface area contributed by atoms with Gasteiger partial charge in [-0.2, -0.15) is 13.2 Å². The molecule has 3 aromatic rings. The summed E-state index contributed by atoms with van der Waals surface area (Å²) in [7, 11) is 0. The predicted octanol–water partition coefficient (Wildman–Crippen LogP) is 5.31. The van der Waals surface area contributed by atoms with Crippen molar-refractivity contribution in [3.05, 3.63) is 77.4 Å². The molecule has 0 saturated heterocycles. The molecule has 4 nitrogen and oxygen atoms in total. The van der Waals surface area contributed by atoms with Crippen LogP contribution in [0.5, 0.6) is 5.75 Å². The fourth-order valence-electron chi connectivity index (χ4n) is 3.69. The first-order valence-corrected chi connectivity index (χ1v) is 9.98. The molecular weight excluding hydrogens is 391 g/mol. The molecule has 1 saturated carbocycles. The first-order valence-electron chi connectivity index (χ1n) is 9.98. The van der Waals surface area contributed by atoms with E-state index in [-0.39, 0.29) is 17.9 Å². The van der Waals surface area contributed by atoms with Crippen LogP contribution in [-0.4, -0.2) is 21.5 Å². The molecule has 0 radical (unpaired) electrons. The molecule has 1 fully saturated rings. The molecule has 1 atom stereocenters. The second-order valence-corrected chi connectivity index (χ2v) is 7.91. The lowest BCUT2D eigenvalue weighted by molar-refractivity contribution is -0.139. The Morgan fingerprint density at radius 3 is 2.83 bits per heavy atom. The first kappa shape index (κ1) is 20.3. The third-order valence-electron chi connectivity index (χ3n) is 5.31. The number of benzene rings is 1. The van der Waals surface area contributed by atoms with E-state index in [9.17, 15) is 13.2 Å². The Balaban J connectivity index is 1.31. The van der Waals surface area contributed by atoms with E-state index < -0.39 is 11.7 Å². The zero-order valence-corrected chi connectivity index (χ0v) is 16.9. The Kier molecular flexibility index (Phi) is 5.45. The lowest BCUT2D eigenvalue weighted by Crippen LogP contribution is -2.31. The molecule has 4 rings (SSSR count). The molecule has 2 aromatic heterocycles. The molecule has 30 heavy (non-hydrogen) atoms. The molecule has 1 N–H and O–H groups in total. The lowest BCUT2D eigenvalue weighted by Gasteiger charge is -2.31. The van der Waals surface area contributed by atoms with Crippen molar-refractivity contribution in [2.75, 3.05) is 0 Å². The topological polar surface area (TPSA) is 38.6 Å². The summed E-state index contributed by atoms with van der Waals surface area (Å²) in [5, 5.41) is 3.38. The Bertz CT molecular complexity index is 1060. The number of nitrogens with zero attached hydrogens (tertiary/aromatic N) is 2. The monoisotopic (exact) mass is 415 g/mol. The van der Waals surface area contributed by atoms with E-state index in [1.165, 1.54) is 6.07 Å². The van der Waals surface area contributed by atoms with Crippen molar-refractivity contribution in [3.8, 4) is 5.75 Å². The molecule has 7 heteroatoms.